The molecule has 1 heterocycles. The third-order valence-corrected chi connectivity index (χ3v) is 5.54. The van der Waals surface area contributed by atoms with Gasteiger partial charge in [-0.15, -0.1) is 11.3 Å². The quantitative estimate of drug-likeness (QED) is 0.702. The van der Waals surface area contributed by atoms with Gasteiger partial charge in [0.1, 0.15) is 5.01 Å². The fourth-order valence-electron chi connectivity index (χ4n) is 2.52. The minimum Gasteiger partial charge on any atom is -0.351 e. The van der Waals surface area contributed by atoms with E-state index < -0.39 is 0 Å². The Morgan fingerprint density at radius 3 is 2.84 bits per heavy atom. The van der Waals surface area contributed by atoms with Gasteiger partial charge in [-0.1, -0.05) is 35.9 Å². The Labute approximate surface area is 156 Å². The van der Waals surface area contributed by atoms with E-state index in [1.807, 2.05) is 54.4 Å². The van der Waals surface area contributed by atoms with Crippen LogP contribution >= 0.6 is 22.9 Å². The highest BCUT2D eigenvalue weighted by molar-refractivity contribution is 7.18. The van der Waals surface area contributed by atoms with Crippen LogP contribution < -0.4 is 5.32 Å². The van der Waals surface area contributed by atoms with Crippen molar-refractivity contribution in [2.45, 2.75) is 19.5 Å². The van der Waals surface area contributed by atoms with Crippen LogP contribution in [-0.4, -0.2) is 29.4 Å². The number of amides is 1. The lowest BCUT2D eigenvalue weighted by Crippen LogP contribution is -2.36. The number of nitrogens with one attached hydrogen (secondary N) is 1. The second-order valence-corrected chi connectivity index (χ2v) is 7.52. The molecule has 0 bridgehead atoms. The van der Waals surface area contributed by atoms with Crippen LogP contribution in [0.5, 0.6) is 0 Å². The summed E-state index contributed by atoms with van der Waals surface area (Å²) in [5.74, 6) is -0.0181. The Morgan fingerprint density at radius 1 is 1.28 bits per heavy atom. The van der Waals surface area contributed by atoms with Crippen molar-refractivity contribution >= 4 is 39.1 Å². The second-order valence-electron chi connectivity index (χ2n) is 6.02. The monoisotopic (exact) mass is 373 g/mol. The van der Waals surface area contributed by atoms with E-state index in [0.717, 1.165) is 16.1 Å². The Hall–Kier alpha value is -1.95. The van der Waals surface area contributed by atoms with Crippen LogP contribution in [0.1, 0.15) is 23.5 Å². The first-order chi connectivity index (χ1) is 12.0. The minimum absolute atomic E-state index is 0.0181. The summed E-state index contributed by atoms with van der Waals surface area (Å²) in [5.41, 5.74) is 2.00. The number of aromatic nitrogens is 1. The van der Waals surface area contributed by atoms with E-state index in [9.17, 15) is 4.79 Å². The summed E-state index contributed by atoms with van der Waals surface area (Å²) in [6, 6.07) is 15.7. The summed E-state index contributed by atoms with van der Waals surface area (Å²) < 4.78 is 1.17. The number of likely N-dealkylation sites (N-methyl/N-ethyl adjacent to an activating group) is 1. The number of fused-ring (bicyclic) bond motifs is 1. The van der Waals surface area contributed by atoms with Gasteiger partial charge in [0, 0.05) is 11.6 Å². The summed E-state index contributed by atoms with van der Waals surface area (Å²) >= 11 is 7.63. The highest BCUT2D eigenvalue weighted by atomic mass is 35.5. The van der Waals surface area contributed by atoms with Crippen LogP contribution in [0, 0.1) is 0 Å². The van der Waals surface area contributed by atoms with E-state index in [-0.39, 0.29) is 11.9 Å². The number of halogens is 1. The molecule has 0 spiro atoms. The molecular weight excluding hydrogens is 354 g/mol. The molecule has 0 aliphatic carbocycles. The summed E-state index contributed by atoms with van der Waals surface area (Å²) in [6.07, 6.45) is 0. The lowest BCUT2D eigenvalue weighted by Gasteiger charge is -2.22. The summed E-state index contributed by atoms with van der Waals surface area (Å²) in [7, 11) is 1.94. The first-order valence-corrected chi connectivity index (χ1v) is 9.29. The van der Waals surface area contributed by atoms with E-state index in [4.69, 9.17) is 11.6 Å². The van der Waals surface area contributed by atoms with Gasteiger partial charge in [-0.05, 0) is 43.8 Å². The molecule has 4 nitrogen and oxygen atoms in total. The van der Waals surface area contributed by atoms with E-state index in [2.05, 4.69) is 23.3 Å². The van der Waals surface area contributed by atoms with Crippen LogP contribution in [0.4, 0.5) is 0 Å². The maximum atomic E-state index is 12.2. The van der Waals surface area contributed by atoms with E-state index in [1.165, 1.54) is 4.70 Å². The number of para-hydroxylation sites is 1. The SMILES string of the molecule is C[C@H](c1nc2ccccc2s1)N(C)CC(=O)NCc1cccc(Cl)c1. The molecule has 0 unspecified atom stereocenters. The largest absolute Gasteiger partial charge is 0.351 e. The van der Waals surface area contributed by atoms with Crippen molar-refractivity contribution in [3.8, 4) is 0 Å². The molecule has 3 aromatic rings. The molecular formula is C19H20ClN3OS. The van der Waals surface area contributed by atoms with Gasteiger partial charge < -0.3 is 5.32 Å². The molecule has 0 radical (unpaired) electrons. The Bertz CT molecular complexity index is 847. The van der Waals surface area contributed by atoms with E-state index >= 15 is 0 Å². The van der Waals surface area contributed by atoms with E-state index in [1.54, 1.807) is 11.3 Å². The van der Waals surface area contributed by atoms with Crippen LogP contribution in [0.3, 0.4) is 0 Å². The Morgan fingerprint density at radius 2 is 2.08 bits per heavy atom. The Balaban J connectivity index is 1.57. The lowest BCUT2D eigenvalue weighted by molar-refractivity contribution is -0.122. The first-order valence-electron chi connectivity index (χ1n) is 8.10. The number of rotatable bonds is 6. The summed E-state index contributed by atoms with van der Waals surface area (Å²) in [4.78, 5) is 18.9. The average Bonchev–Trinajstić information content (AvgIpc) is 3.03. The van der Waals surface area contributed by atoms with Gasteiger partial charge in [-0.3, -0.25) is 9.69 Å². The van der Waals surface area contributed by atoms with Crippen LogP contribution in [0.2, 0.25) is 5.02 Å². The molecule has 1 amide bonds. The fourth-order valence-corrected chi connectivity index (χ4v) is 3.82. The van der Waals surface area contributed by atoms with Gasteiger partial charge in [0.2, 0.25) is 5.91 Å². The number of thiazole rings is 1. The predicted octanol–water partition coefficient (Wildman–Crippen LogP) is 4.26. The zero-order valence-corrected chi connectivity index (χ0v) is 15.8. The van der Waals surface area contributed by atoms with Crippen molar-refractivity contribution in [3.05, 3.63) is 64.1 Å². The molecule has 130 valence electrons. The highest BCUT2D eigenvalue weighted by Crippen LogP contribution is 2.28. The van der Waals surface area contributed by atoms with Crippen molar-refractivity contribution < 1.29 is 4.79 Å². The number of hydrogen-bond donors (Lipinski definition) is 1. The van der Waals surface area contributed by atoms with Crippen molar-refractivity contribution in [1.29, 1.82) is 0 Å². The molecule has 0 saturated carbocycles. The zero-order valence-electron chi connectivity index (χ0n) is 14.2. The van der Waals surface area contributed by atoms with Gasteiger partial charge in [0.25, 0.3) is 0 Å². The molecule has 0 aliphatic heterocycles. The molecule has 25 heavy (non-hydrogen) atoms. The minimum atomic E-state index is -0.0181. The summed E-state index contributed by atoms with van der Waals surface area (Å²) in [5, 5.41) is 4.63. The molecule has 0 aliphatic rings. The molecule has 2 aromatic carbocycles. The number of carbonyl (C=O) groups excluding carboxylic acids is 1. The lowest BCUT2D eigenvalue weighted by atomic mass is 10.2. The molecule has 0 fully saturated rings. The fraction of sp³-hybridized carbons (Fsp3) is 0.263. The number of carbonyl (C=O) groups is 1. The van der Waals surface area contributed by atoms with Crippen molar-refractivity contribution in [2.75, 3.05) is 13.6 Å². The third kappa shape index (κ3) is 4.57. The molecule has 1 aromatic heterocycles. The third-order valence-electron chi connectivity index (χ3n) is 4.10. The molecule has 0 saturated heterocycles. The number of benzene rings is 2. The van der Waals surface area contributed by atoms with Crippen LogP contribution in [0.15, 0.2) is 48.5 Å². The van der Waals surface area contributed by atoms with Gasteiger partial charge in [0.05, 0.1) is 22.8 Å². The standard InChI is InChI=1S/C19H20ClN3OS/c1-13(19-22-16-8-3-4-9-17(16)25-19)23(2)12-18(24)21-11-14-6-5-7-15(20)10-14/h3-10,13H,11-12H2,1-2H3,(H,21,24)/t13-/m1/s1. The predicted molar refractivity (Wildman–Crippen MR) is 104 cm³/mol. The maximum Gasteiger partial charge on any atom is 0.234 e. The van der Waals surface area contributed by atoms with Crippen molar-refractivity contribution in [3.63, 3.8) is 0 Å². The average molecular weight is 374 g/mol. The van der Waals surface area contributed by atoms with Crippen LogP contribution in [-0.2, 0) is 11.3 Å². The smallest absolute Gasteiger partial charge is 0.234 e. The normalized spacial score (nSPS) is 12.5. The van der Waals surface area contributed by atoms with Crippen LogP contribution in [0.25, 0.3) is 10.2 Å². The maximum absolute atomic E-state index is 12.2. The topological polar surface area (TPSA) is 45.2 Å². The van der Waals surface area contributed by atoms with Gasteiger partial charge in [-0.25, -0.2) is 4.98 Å². The Kier molecular flexibility index (Phi) is 5.68. The highest BCUT2D eigenvalue weighted by Gasteiger charge is 2.18. The number of nitrogens with zero attached hydrogens (tertiary/aromatic N) is 2. The second kappa shape index (κ2) is 7.95. The molecule has 6 heteroatoms. The van der Waals surface area contributed by atoms with Crippen molar-refractivity contribution in [2.24, 2.45) is 0 Å². The zero-order chi connectivity index (χ0) is 17.8. The molecule has 1 atom stereocenters. The summed E-state index contributed by atoms with van der Waals surface area (Å²) in [6.45, 7) is 2.86. The van der Waals surface area contributed by atoms with Crippen molar-refractivity contribution in [1.82, 2.24) is 15.2 Å². The number of hydrogen-bond acceptors (Lipinski definition) is 4. The van der Waals surface area contributed by atoms with Gasteiger partial charge in [-0.2, -0.15) is 0 Å². The molecule has 1 N–H and O–H groups in total. The molecule has 3 rings (SSSR count). The first kappa shape index (κ1) is 17.9. The van der Waals surface area contributed by atoms with Gasteiger partial charge >= 0.3 is 0 Å². The van der Waals surface area contributed by atoms with Gasteiger partial charge in [0.15, 0.2) is 0 Å². The van der Waals surface area contributed by atoms with E-state index in [0.29, 0.717) is 18.1 Å².